The van der Waals surface area contributed by atoms with Crippen molar-refractivity contribution in [2.24, 2.45) is 0 Å². The molecule has 1 heterocycles. The Balaban J connectivity index is 2.16. The summed E-state index contributed by atoms with van der Waals surface area (Å²) in [5.41, 5.74) is 0.780. The van der Waals surface area contributed by atoms with Crippen LogP contribution in [0.25, 0.3) is 11.0 Å². The molecule has 9 heteroatoms. The smallest absolute Gasteiger partial charge is 0.300 e. The number of hydrogen-bond donors (Lipinski definition) is 2. The highest BCUT2D eigenvalue weighted by Crippen LogP contribution is 2.28. The van der Waals surface area contributed by atoms with Crippen LogP contribution in [0.1, 0.15) is 6.92 Å². The molecule has 0 atom stereocenters. The molecular weight excluding hydrogens is 254 g/mol. The van der Waals surface area contributed by atoms with Crippen molar-refractivity contribution in [1.82, 2.24) is 15.6 Å². The standard InChI is InChI=1S/C10H11N5O4/c1-6(16)11-4-5-12-7-2-3-8(15(17)18)10-9(7)13-19-14-10/h2-3,12H,4-5H2,1H3,(H,11,16). The molecule has 0 radical (unpaired) electrons. The third-order valence-corrected chi connectivity index (χ3v) is 2.41. The van der Waals surface area contributed by atoms with Gasteiger partial charge in [0.15, 0.2) is 5.52 Å². The van der Waals surface area contributed by atoms with Crippen molar-refractivity contribution in [3.63, 3.8) is 0 Å². The average Bonchev–Trinajstić information content (AvgIpc) is 2.83. The maximum absolute atomic E-state index is 10.8. The third kappa shape index (κ3) is 2.76. The maximum Gasteiger partial charge on any atom is 0.300 e. The molecule has 1 aromatic carbocycles. The molecule has 19 heavy (non-hydrogen) atoms. The Morgan fingerprint density at radius 1 is 1.37 bits per heavy atom. The molecule has 2 aromatic rings. The van der Waals surface area contributed by atoms with E-state index in [1.54, 1.807) is 0 Å². The first-order chi connectivity index (χ1) is 9.09. The number of nitrogens with zero attached hydrogens (tertiary/aromatic N) is 3. The Labute approximate surface area is 107 Å². The number of hydrogen-bond acceptors (Lipinski definition) is 7. The van der Waals surface area contributed by atoms with Gasteiger partial charge >= 0.3 is 5.69 Å². The third-order valence-electron chi connectivity index (χ3n) is 2.41. The zero-order chi connectivity index (χ0) is 13.8. The van der Waals surface area contributed by atoms with Crippen molar-refractivity contribution in [2.75, 3.05) is 18.4 Å². The van der Waals surface area contributed by atoms with Gasteiger partial charge in [-0.2, -0.15) is 0 Å². The van der Waals surface area contributed by atoms with Gasteiger partial charge in [0.25, 0.3) is 0 Å². The second-order valence-corrected chi connectivity index (χ2v) is 3.76. The van der Waals surface area contributed by atoms with E-state index in [4.69, 9.17) is 0 Å². The molecule has 0 fully saturated rings. The number of carbonyl (C=O) groups is 1. The number of carbonyl (C=O) groups excluding carboxylic acids is 1. The maximum atomic E-state index is 10.8. The summed E-state index contributed by atoms with van der Waals surface area (Å²) in [6.07, 6.45) is 0. The molecule has 2 N–H and O–H groups in total. The molecule has 0 spiro atoms. The number of anilines is 1. The van der Waals surface area contributed by atoms with Gasteiger partial charge in [-0.05, 0) is 16.4 Å². The van der Waals surface area contributed by atoms with E-state index in [0.717, 1.165) is 0 Å². The van der Waals surface area contributed by atoms with Gasteiger partial charge in [0.1, 0.15) is 0 Å². The van der Waals surface area contributed by atoms with Crippen LogP contribution in [0.3, 0.4) is 0 Å². The highest BCUT2D eigenvalue weighted by atomic mass is 16.6. The Morgan fingerprint density at radius 3 is 2.79 bits per heavy atom. The van der Waals surface area contributed by atoms with Crippen LogP contribution >= 0.6 is 0 Å². The van der Waals surface area contributed by atoms with E-state index in [-0.39, 0.29) is 22.6 Å². The summed E-state index contributed by atoms with van der Waals surface area (Å²) in [5.74, 6) is -0.126. The molecule has 9 nitrogen and oxygen atoms in total. The number of nitrogens with one attached hydrogen (secondary N) is 2. The molecule has 0 aliphatic rings. The first-order valence-corrected chi connectivity index (χ1v) is 5.47. The van der Waals surface area contributed by atoms with Crippen LogP contribution in [0.4, 0.5) is 11.4 Å². The van der Waals surface area contributed by atoms with Gasteiger partial charge in [-0.15, -0.1) is 0 Å². The molecule has 100 valence electrons. The molecule has 0 aliphatic carbocycles. The van der Waals surface area contributed by atoms with Crippen LogP contribution in [0, 0.1) is 10.1 Å². The van der Waals surface area contributed by atoms with Crippen molar-refractivity contribution in [3.8, 4) is 0 Å². The fourth-order valence-corrected chi connectivity index (χ4v) is 1.58. The normalized spacial score (nSPS) is 10.4. The number of benzene rings is 1. The quantitative estimate of drug-likeness (QED) is 0.462. The van der Waals surface area contributed by atoms with Gasteiger partial charge in [-0.3, -0.25) is 14.9 Å². The van der Waals surface area contributed by atoms with Crippen molar-refractivity contribution in [1.29, 1.82) is 0 Å². The number of non-ortho nitro benzene ring substituents is 1. The number of nitro benzene ring substituents is 1. The molecule has 0 unspecified atom stereocenters. The summed E-state index contributed by atoms with van der Waals surface area (Å²) >= 11 is 0. The predicted molar refractivity (Wildman–Crippen MR) is 65.6 cm³/mol. The van der Waals surface area contributed by atoms with Crippen LogP contribution in [-0.4, -0.2) is 34.2 Å². The minimum Gasteiger partial charge on any atom is -0.381 e. The van der Waals surface area contributed by atoms with E-state index in [1.807, 2.05) is 0 Å². The lowest BCUT2D eigenvalue weighted by Crippen LogP contribution is -2.26. The summed E-state index contributed by atoms with van der Waals surface area (Å²) in [6, 6.07) is 2.85. The van der Waals surface area contributed by atoms with E-state index in [0.29, 0.717) is 18.8 Å². The molecule has 2 rings (SSSR count). The number of rotatable bonds is 5. The molecule has 0 saturated carbocycles. The van der Waals surface area contributed by atoms with E-state index in [2.05, 4.69) is 25.6 Å². The summed E-state index contributed by atoms with van der Waals surface area (Å²) in [4.78, 5) is 20.9. The number of nitro groups is 1. The van der Waals surface area contributed by atoms with Crippen LogP contribution in [0.2, 0.25) is 0 Å². The fourth-order valence-electron chi connectivity index (χ4n) is 1.58. The number of aromatic nitrogens is 2. The molecule has 1 amide bonds. The Kier molecular flexibility index (Phi) is 3.55. The van der Waals surface area contributed by atoms with Gasteiger partial charge in [-0.25, -0.2) is 4.63 Å². The van der Waals surface area contributed by atoms with E-state index < -0.39 is 4.92 Å². The van der Waals surface area contributed by atoms with Gasteiger partial charge < -0.3 is 10.6 Å². The van der Waals surface area contributed by atoms with Gasteiger partial charge in [-0.1, -0.05) is 0 Å². The van der Waals surface area contributed by atoms with Crippen molar-refractivity contribution in [2.45, 2.75) is 6.92 Å². The largest absolute Gasteiger partial charge is 0.381 e. The van der Waals surface area contributed by atoms with Gasteiger partial charge in [0.2, 0.25) is 11.4 Å². The molecular formula is C10H11N5O4. The van der Waals surface area contributed by atoms with Crippen LogP contribution in [0.5, 0.6) is 0 Å². The highest BCUT2D eigenvalue weighted by Gasteiger charge is 2.19. The lowest BCUT2D eigenvalue weighted by atomic mass is 10.2. The Morgan fingerprint density at radius 2 is 2.11 bits per heavy atom. The zero-order valence-electron chi connectivity index (χ0n) is 10.0. The minimum atomic E-state index is -0.548. The van der Waals surface area contributed by atoms with Crippen LogP contribution in [-0.2, 0) is 4.79 Å². The lowest BCUT2D eigenvalue weighted by Gasteiger charge is -2.06. The fraction of sp³-hybridized carbons (Fsp3) is 0.300. The molecule has 0 saturated heterocycles. The predicted octanol–water partition coefficient (Wildman–Crippen LogP) is 0.679. The Bertz CT molecular complexity index is 623. The number of amides is 1. The molecule has 0 bridgehead atoms. The molecule has 1 aromatic heterocycles. The summed E-state index contributed by atoms with van der Waals surface area (Å²) in [6.45, 7) is 2.31. The second-order valence-electron chi connectivity index (χ2n) is 3.76. The van der Waals surface area contributed by atoms with Crippen molar-refractivity contribution < 1.29 is 14.3 Å². The SMILES string of the molecule is CC(=O)NCCNc1ccc([N+](=O)[O-])c2nonc12. The van der Waals surface area contributed by atoms with Gasteiger partial charge in [0, 0.05) is 26.1 Å². The first-order valence-electron chi connectivity index (χ1n) is 5.47. The second kappa shape index (κ2) is 5.29. The van der Waals surface area contributed by atoms with Crippen molar-refractivity contribution >= 4 is 28.3 Å². The Hall–Kier alpha value is -2.71. The molecule has 0 aliphatic heterocycles. The minimum absolute atomic E-state index is 0.0922. The first kappa shape index (κ1) is 12.7. The number of fused-ring (bicyclic) bond motifs is 1. The van der Waals surface area contributed by atoms with Crippen molar-refractivity contribution in [3.05, 3.63) is 22.2 Å². The summed E-state index contributed by atoms with van der Waals surface area (Å²) in [7, 11) is 0. The monoisotopic (exact) mass is 265 g/mol. The summed E-state index contributed by atoms with van der Waals surface area (Å²) in [5, 5.41) is 23.6. The highest BCUT2D eigenvalue weighted by molar-refractivity contribution is 5.93. The van der Waals surface area contributed by atoms with E-state index in [1.165, 1.54) is 19.1 Å². The van der Waals surface area contributed by atoms with Gasteiger partial charge in [0.05, 0.1) is 10.6 Å². The topological polar surface area (TPSA) is 123 Å². The lowest BCUT2D eigenvalue weighted by molar-refractivity contribution is -0.383. The zero-order valence-corrected chi connectivity index (χ0v) is 10.0. The van der Waals surface area contributed by atoms with Crippen LogP contribution < -0.4 is 10.6 Å². The van der Waals surface area contributed by atoms with E-state index >= 15 is 0 Å². The average molecular weight is 265 g/mol. The van der Waals surface area contributed by atoms with Crippen LogP contribution in [0.15, 0.2) is 16.8 Å². The van der Waals surface area contributed by atoms with E-state index in [9.17, 15) is 14.9 Å². The summed E-state index contributed by atoms with van der Waals surface area (Å²) < 4.78 is 4.53.